The number of hydrogen-bond acceptors (Lipinski definition) is 5. The van der Waals surface area contributed by atoms with E-state index in [1.807, 2.05) is 0 Å². The van der Waals surface area contributed by atoms with Gasteiger partial charge in [0.2, 0.25) is 0 Å². The highest BCUT2D eigenvalue weighted by molar-refractivity contribution is 7.90. The minimum absolute atomic E-state index is 0.101. The van der Waals surface area contributed by atoms with Gasteiger partial charge in [-0.3, -0.25) is 14.6 Å². The monoisotopic (exact) mass is 463 g/mol. The second-order valence-electron chi connectivity index (χ2n) is 6.26. The molecule has 154 valence electrons. The molecule has 3 rings (SSSR count). The number of nitrogens with zero attached hydrogens (tertiary/aromatic N) is 1. The zero-order chi connectivity index (χ0) is 21.9. The molecule has 2 aromatic carbocycles. The first kappa shape index (κ1) is 21.8. The molecule has 2 N–H and O–H groups in total. The summed E-state index contributed by atoms with van der Waals surface area (Å²) in [7, 11) is -3.36. The van der Waals surface area contributed by atoms with Gasteiger partial charge in [-0.2, -0.15) is 0 Å². The number of anilines is 2. The number of halogens is 2. The molecule has 0 aliphatic carbocycles. The van der Waals surface area contributed by atoms with Crippen LogP contribution in [0.15, 0.2) is 65.8 Å². The largest absolute Gasteiger partial charge is 0.322 e. The summed E-state index contributed by atoms with van der Waals surface area (Å²) in [6.07, 6.45) is 4.07. The van der Waals surface area contributed by atoms with Gasteiger partial charge < -0.3 is 10.6 Å². The fourth-order valence-corrected chi connectivity index (χ4v) is 3.72. The van der Waals surface area contributed by atoms with Gasteiger partial charge in [0.15, 0.2) is 9.84 Å². The van der Waals surface area contributed by atoms with Crippen molar-refractivity contribution in [3.8, 4) is 0 Å². The van der Waals surface area contributed by atoms with Crippen molar-refractivity contribution >= 4 is 56.2 Å². The molecule has 0 saturated heterocycles. The predicted octanol–water partition coefficient (Wildman–Crippen LogP) is 4.30. The zero-order valence-corrected chi connectivity index (χ0v) is 17.8. The number of pyridine rings is 1. The van der Waals surface area contributed by atoms with Crippen molar-refractivity contribution in [1.82, 2.24) is 4.98 Å². The van der Waals surface area contributed by atoms with E-state index in [1.54, 1.807) is 12.1 Å². The first-order chi connectivity index (χ1) is 14.1. The summed E-state index contributed by atoms with van der Waals surface area (Å²) in [4.78, 5) is 28.7. The fraction of sp³-hybridized carbons (Fsp3) is 0.0500. The number of carbonyl (C=O) groups excluding carboxylic acids is 2. The third-order valence-corrected chi connectivity index (χ3v) is 5.75. The smallest absolute Gasteiger partial charge is 0.255 e. The van der Waals surface area contributed by atoms with Crippen molar-refractivity contribution in [2.24, 2.45) is 0 Å². The highest BCUT2D eigenvalue weighted by Gasteiger charge is 2.15. The van der Waals surface area contributed by atoms with E-state index in [-0.39, 0.29) is 32.1 Å². The average Bonchev–Trinajstić information content (AvgIpc) is 2.70. The number of hydrogen-bond donors (Lipinski definition) is 2. The molecule has 0 aliphatic heterocycles. The van der Waals surface area contributed by atoms with Gasteiger partial charge in [0, 0.05) is 35.5 Å². The van der Waals surface area contributed by atoms with Crippen LogP contribution in [0.5, 0.6) is 0 Å². The summed E-state index contributed by atoms with van der Waals surface area (Å²) in [6.45, 7) is 0. The van der Waals surface area contributed by atoms with E-state index in [0.717, 1.165) is 6.26 Å². The van der Waals surface area contributed by atoms with Crippen molar-refractivity contribution in [3.05, 3.63) is 82.1 Å². The van der Waals surface area contributed by atoms with Crippen LogP contribution >= 0.6 is 23.2 Å². The van der Waals surface area contributed by atoms with Gasteiger partial charge in [-0.05, 0) is 48.5 Å². The lowest BCUT2D eigenvalue weighted by Gasteiger charge is -2.12. The Morgan fingerprint density at radius 1 is 0.833 bits per heavy atom. The fourth-order valence-electron chi connectivity index (χ4n) is 2.51. The molecule has 0 fully saturated rings. The second kappa shape index (κ2) is 8.83. The second-order valence-corrected chi connectivity index (χ2v) is 9.09. The molecular formula is C20H15Cl2N3O4S. The maximum Gasteiger partial charge on any atom is 0.255 e. The molecular weight excluding hydrogens is 449 g/mol. The first-order valence-electron chi connectivity index (χ1n) is 8.47. The van der Waals surface area contributed by atoms with Crippen molar-refractivity contribution in [2.45, 2.75) is 4.90 Å². The zero-order valence-electron chi connectivity index (χ0n) is 15.5. The van der Waals surface area contributed by atoms with Gasteiger partial charge in [-0.1, -0.05) is 23.2 Å². The molecule has 10 heteroatoms. The van der Waals surface area contributed by atoms with Crippen molar-refractivity contribution < 1.29 is 18.0 Å². The van der Waals surface area contributed by atoms with Crippen molar-refractivity contribution in [2.75, 3.05) is 16.9 Å². The van der Waals surface area contributed by atoms with Crippen LogP contribution in [0.2, 0.25) is 10.0 Å². The van der Waals surface area contributed by atoms with E-state index in [1.165, 1.54) is 48.8 Å². The maximum atomic E-state index is 12.5. The molecule has 0 spiro atoms. The van der Waals surface area contributed by atoms with Crippen LogP contribution in [0, 0.1) is 0 Å². The van der Waals surface area contributed by atoms with Crippen LogP contribution in [0.4, 0.5) is 11.4 Å². The summed E-state index contributed by atoms with van der Waals surface area (Å²) >= 11 is 12.5. The molecule has 2 amide bonds. The van der Waals surface area contributed by atoms with E-state index >= 15 is 0 Å². The highest BCUT2D eigenvalue weighted by Crippen LogP contribution is 2.34. The van der Waals surface area contributed by atoms with E-state index in [4.69, 9.17) is 23.2 Å². The Morgan fingerprint density at radius 2 is 1.33 bits per heavy atom. The normalized spacial score (nSPS) is 11.0. The molecule has 0 aliphatic rings. The molecule has 0 bridgehead atoms. The van der Waals surface area contributed by atoms with Gasteiger partial charge in [0.05, 0.1) is 20.6 Å². The number of carbonyl (C=O) groups is 2. The summed E-state index contributed by atoms with van der Waals surface area (Å²) in [5.74, 6) is -0.889. The quantitative estimate of drug-likeness (QED) is 0.586. The number of sulfone groups is 1. The lowest BCUT2D eigenvalue weighted by molar-refractivity contribution is 0.101. The number of rotatable bonds is 5. The number of amides is 2. The van der Waals surface area contributed by atoms with Crippen molar-refractivity contribution in [1.29, 1.82) is 0 Å². The molecule has 1 aromatic heterocycles. The Kier molecular flexibility index (Phi) is 6.40. The lowest BCUT2D eigenvalue weighted by atomic mass is 10.2. The van der Waals surface area contributed by atoms with Gasteiger partial charge in [0.1, 0.15) is 0 Å². The SMILES string of the molecule is CS(=O)(=O)c1ccc(C(=O)Nc2c(Cl)cc(NC(=O)c3ccncc3)cc2Cl)cc1. The molecule has 0 atom stereocenters. The number of benzene rings is 2. The molecule has 7 nitrogen and oxygen atoms in total. The first-order valence-corrected chi connectivity index (χ1v) is 11.1. The van der Waals surface area contributed by atoms with Gasteiger partial charge in [-0.25, -0.2) is 8.42 Å². The van der Waals surface area contributed by atoms with Crippen LogP contribution in [0.1, 0.15) is 20.7 Å². The molecule has 3 aromatic rings. The summed E-state index contributed by atoms with van der Waals surface area (Å²) in [5, 5.41) is 5.50. The van der Waals surface area contributed by atoms with E-state index in [0.29, 0.717) is 11.3 Å². The topological polar surface area (TPSA) is 105 Å². The van der Waals surface area contributed by atoms with E-state index in [2.05, 4.69) is 15.6 Å². The van der Waals surface area contributed by atoms with Crippen LogP contribution in [-0.4, -0.2) is 31.5 Å². The Morgan fingerprint density at radius 3 is 1.87 bits per heavy atom. The molecule has 0 unspecified atom stereocenters. The van der Waals surface area contributed by atoms with Gasteiger partial charge in [-0.15, -0.1) is 0 Å². The minimum atomic E-state index is -3.36. The third kappa shape index (κ3) is 5.15. The van der Waals surface area contributed by atoms with E-state index in [9.17, 15) is 18.0 Å². The Hall–Kier alpha value is -2.94. The summed E-state index contributed by atoms with van der Waals surface area (Å²) < 4.78 is 23.0. The maximum absolute atomic E-state index is 12.5. The third-order valence-electron chi connectivity index (χ3n) is 4.03. The molecule has 1 heterocycles. The molecule has 0 radical (unpaired) electrons. The average molecular weight is 464 g/mol. The lowest BCUT2D eigenvalue weighted by Crippen LogP contribution is -2.14. The van der Waals surface area contributed by atoms with Gasteiger partial charge in [0.25, 0.3) is 11.8 Å². The minimum Gasteiger partial charge on any atom is -0.322 e. The van der Waals surface area contributed by atoms with Crippen LogP contribution < -0.4 is 10.6 Å². The summed E-state index contributed by atoms with van der Waals surface area (Å²) in [5.41, 5.74) is 1.15. The van der Waals surface area contributed by atoms with Crippen LogP contribution in [0.3, 0.4) is 0 Å². The summed E-state index contributed by atoms with van der Waals surface area (Å²) in [6, 6.07) is 11.5. The molecule has 0 saturated carbocycles. The Labute approximate surface area is 183 Å². The predicted molar refractivity (Wildman–Crippen MR) is 116 cm³/mol. The Bertz CT molecular complexity index is 1190. The van der Waals surface area contributed by atoms with E-state index < -0.39 is 15.7 Å². The number of nitrogens with one attached hydrogen (secondary N) is 2. The van der Waals surface area contributed by atoms with Crippen LogP contribution in [-0.2, 0) is 9.84 Å². The highest BCUT2D eigenvalue weighted by atomic mass is 35.5. The Balaban J connectivity index is 1.77. The molecule has 30 heavy (non-hydrogen) atoms. The van der Waals surface area contributed by atoms with Gasteiger partial charge >= 0.3 is 0 Å². The van der Waals surface area contributed by atoms with Crippen molar-refractivity contribution in [3.63, 3.8) is 0 Å². The van der Waals surface area contributed by atoms with Crippen LogP contribution in [0.25, 0.3) is 0 Å². The number of aromatic nitrogens is 1. The standard InChI is InChI=1S/C20H15Cl2N3O4S/c1-30(28,29)15-4-2-12(3-5-15)20(27)25-18-16(21)10-14(11-17(18)22)24-19(26)13-6-8-23-9-7-13/h2-11H,1H3,(H,24,26)(H,25,27).